The number of carboxylic acids is 1. The quantitative estimate of drug-likeness (QED) is 0.313. The largest absolute Gasteiger partial charge is 1.00 e. The van der Waals surface area contributed by atoms with Crippen LogP contribution in [0.4, 0.5) is 4.39 Å². The Morgan fingerprint density at radius 2 is 1.77 bits per heavy atom. The second-order valence-corrected chi connectivity index (χ2v) is 9.69. The molecule has 10 heteroatoms. The summed E-state index contributed by atoms with van der Waals surface area (Å²) in [5.74, 6) is -2.00. The zero-order valence-electron chi connectivity index (χ0n) is 24.0. The van der Waals surface area contributed by atoms with Gasteiger partial charge in [-0.2, -0.15) is 5.10 Å². The summed E-state index contributed by atoms with van der Waals surface area (Å²) >= 11 is 0. The van der Waals surface area contributed by atoms with E-state index < -0.39 is 30.4 Å². The topological polar surface area (TPSA) is 116 Å². The fourth-order valence-corrected chi connectivity index (χ4v) is 4.25. The predicted molar refractivity (Wildman–Crippen MR) is 144 cm³/mol. The van der Waals surface area contributed by atoms with Crippen molar-refractivity contribution >= 4 is 18.0 Å². The molecule has 0 aliphatic heterocycles. The number of aliphatic hydroxyl groups excluding tert-OH is 2. The number of carboxylic acid groups (broad SMARTS) is 1. The minimum absolute atomic E-state index is 0. The van der Waals surface area contributed by atoms with Gasteiger partial charge in [-0.15, -0.1) is 0 Å². The molecule has 2 aromatic carbocycles. The average Bonchev–Trinajstić information content (AvgIpc) is 3.23. The number of hydrogen-bond donors (Lipinski definition) is 3. The summed E-state index contributed by atoms with van der Waals surface area (Å²) in [5.41, 5.74) is 4.00. The van der Waals surface area contributed by atoms with Crippen LogP contribution in [0.3, 0.4) is 0 Å². The van der Waals surface area contributed by atoms with Gasteiger partial charge in [-0.3, -0.25) is 9.59 Å². The van der Waals surface area contributed by atoms with E-state index in [1.165, 1.54) is 22.9 Å². The van der Waals surface area contributed by atoms with Crippen molar-refractivity contribution in [2.24, 2.45) is 0 Å². The zero-order chi connectivity index (χ0) is 28.0. The number of aryl methyl sites for hydroxylation is 1. The zero-order valence-corrected chi connectivity index (χ0v) is 25.0. The molecule has 3 aromatic rings. The summed E-state index contributed by atoms with van der Waals surface area (Å²) in [6, 6.07) is 13.5. The van der Waals surface area contributed by atoms with Crippen LogP contribution < -0.4 is 29.6 Å². The molecule has 0 bridgehead atoms. The molecule has 1 aromatic heterocycles. The van der Waals surface area contributed by atoms with E-state index in [9.17, 15) is 24.2 Å². The van der Waals surface area contributed by atoms with E-state index in [4.69, 9.17) is 5.11 Å². The molecule has 8 nitrogen and oxygen atoms in total. The molecule has 0 aliphatic rings. The number of benzene rings is 2. The summed E-state index contributed by atoms with van der Waals surface area (Å²) in [4.78, 5) is 26.1. The summed E-state index contributed by atoms with van der Waals surface area (Å²) in [5, 5.41) is 33.8. The molecule has 0 radical (unpaired) electrons. The smallest absolute Gasteiger partial charge is 1.00 e. The average molecular weight is 548 g/mol. The first-order chi connectivity index (χ1) is 18.0. The number of halogens is 1. The van der Waals surface area contributed by atoms with Crippen LogP contribution in [0, 0.1) is 12.7 Å². The number of aliphatic hydroxyl groups is 2. The van der Waals surface area contributed by atoms with Crippen LogP contribution in [-0.2, 0) is 11.3 Å². The van der Waals surface area contributed by atoms with Gasteiger partial charge in [0.05, 0.1) is 30.0 Å². The minimum atomic E-state index is -1.22. The summed E-state index contributed by atoms with van der Waals surface area (Å²) in [7, 11) is 1.71. The summed E-state index contributed by atoms with van der Waals surface area (Å²) in [6.45, 7) is 6.22. The second-order valence-electron chi connectivity index (χ2n) is 9.69. The molecule has 0 fully saturated rings. The van der Waals surface area contributed by atoms with Crippen molar-refractivity contribution in [3.8, 4) is 5.69 Å². The van der Waals surface area contributed by atoms with Crippen molar-refractivity contribution in [2.75, 3.05) is 7.05 Å². The number of amides is 1. The van der Waals surface area contributed by atoms with Gasteiger partial charge in [-0.25, -0.2) is 9.07 Å². The maximum atomic E-state index is 13.7. The molecular weight excluding hydrogens is 512 g/mol. The van der Waals surface area contributed by atoms with Crippen molar-refractivity contribution in [1.29, 1.82) is 0 Å². The summed E-state index contributed by atoms with van der Waals surface area (Å²) < 4.78 is 15.2. The molecule has 0 unspecified atom stereocenters. The van der Waals surface area contributed by atoms with Crippen molar-refractivity contribution in [3.05, 3.63) is 88.5 Å². The first-order valence-corrected chi connectivity index (χ1v) is 12.4. The Morgan fingerprint density at radius 1 is 1.13 bits per heavy atom. The van der Waals surface area contributed by atoms with Crippen LogP contribution in [0.2, 0.25) is 0 Å². The maximum Gasteiger partial charge on any atom is 1.00 e. The summed E-state index contributed by atoms with van der Waals surface area (Å²) in [6.07, 6.45) is 0.0212. The molecule has 0 spiro atoms. The van der Waals surface area contributed by atoms with Crippen LogP contribution in [-0.4, -0.2) is 61.1 Å². The third-order valence-corrected chi connectivity index (χ3v) is 6.23. The fourth-order valence-electron chi connectivity index (χ4n) is 4.25. The Morgan fingerprint density at radius 3 is 2.36 bits per heavy atom. The fraction of sp³-hybridized carbons (Fsp3) is 0.345. The molecule has 3 rings (SSSR count). The Bertz CT molecular complexity index is 1310. The number of nitrogens with zero attached hydrogens (tertiary/aromatic N) is 3. The Balaban J connectivity index is 0.00000400. The number of carbonyl (C=O) groups excluding carboxylic acids is 1. The number of rotatable bonds is 11. The van der Waals surface area contributed by atoms with E-state index in [2.05, 4.69) is 5.10 Å². The van der Waals surface area contributed by atoms with Crippen LogP contribution in [0.1, 0.15) is 66.9 Å². The second kappa shape index (κ2) is 14.5. The molecule has 3 N–H and O–H groups in total. The molecule has 39 heavy (non-hydrogen) atoms. The van der Waals surface area contributed by atoms with Gasteiger partial charge in [0.25, 0.3) is 5.91 Å². The van der Waals surface area contributed by atoms with Crippen molar-refractivity contribution < 1.29 is 60.3 Å². The Labute approximate surface area is 251 Å². The van der Waals surface area contributed by atoms with Gasteiger partial charge >= 0.3 is 35.5 Å². The molecule has 2 atom stereocenters. The normalized spacial score (nSPS) is 12.8. The molecular formula is C29H35FN3NaO5. The van der Waals surface area contributed by atoms with E-state index in [1.54, 1.807) is 30.2 Å². The van der Waals surface area contributed by atoms with Crippen molar-refractivity contribution in [3.63, 3.8) is 0 Å². The molecule has 1 heterocycles. The van der Waals surface area contributed by atoms with Crippen LogP contribution in [0.5, 0.6) is 0 Å². The number of aliphatic carboxylic acids is 1. The number of carbonyl (C=O) groups is 2. The third kappa shape index (κ3) is 8.58. The SMILES string of the molecule is Cc1ccccc1CN(C)C(=O)c1nn(-c2ccc(F)cc2)c(C=C[C@H](O)C[C@@H](O)CC(=O)O)c1C(C)C.[H-].[Na+]. The number of aromatic nitrogens is 2. The predicted octanol–water partition coefficient (Wildman–Crippen LogP) is 1.43. The molecule has 0 aliphatic carbocycles. The van der Waals surface area contributed by atoms with Crippen LogP contribution in [0.15, 0.2) is 54.6 Å². The van der Waals surface area contributed by atoms with E-state index >= 15 is 0 Å². The standard InChI is InChI=1S/C29H34FN3O5.Na.H/c1-18(2)27-25(14-13-23(34)15-24(35)16-26(36)37)33(22-11-9-21(30)10-12-22)31-28(27)29(38)32(4)17-20-8-6-5-7-19(20)3;;/h5-14,18,23-24,34-35H,15-17H2,1-4H3,(H,36,37);;/q;+1;-1/t23-,24+;;/m0../s1. The maximum absolute atomic E-state index is 13.7. The van der Waals surface area contributed by atoms with Gasteiger partial charge in [0, 0.05) is 25.6 Å². The van der Waals surface area contributed by atoms with Gasteiger partial charge < -0.3 is 21.6 Å². The molecule has 1 amide bonds. The Kier molecular flexibility index (Phi) is 12.1. The molecule has 0 saturated heterocycles. The van der Waals surface area contributed by atoms with Gasteiger partial charge in [-0.05, 0) is 54.3 Å². The van der Waals surface area contributed by atoms with Gasteiger partial charge in [0.15, 0.2) is 5.69 Å². The van der Waals surface area contributed by atoms with Crippen LogP contribution >= 0.6 is 0 Å². The first-order valence-electron chi connectivity index (χ1n) is 12.4. The third-order valence-electron chi connectivity index (χ3n) is 6.23. The number of hydrogen-bond acceptors (Lipinski definition) is 5. The minimum Gasteiger partial charge on any atom is -1.00 e. The van der Waals surface area contributed by atoms with Crippen LogP contribution in [0.25, 0.3) is 11.8 Å². The van der Waals surface area contributed by atoms with Crippen molar-refractivity contribution in [1.82, 2.24) is 14.7 Å². The van der Waals surface area contributed by atoms with E-state index in [1.807, 2.05) is 45.0 Å². The Hall–Kier alpha value is -2.82. The first kappa shape index (κ1) is 32.4. The monoisotopic (exact) mass is 547 g/mol. The van der Waals surface area contributed by atoms with Gasteiger partial charge in [0.1, 0.15) is 5.82 Å². The van der Waals surface area contributed by atoms with Gasteiger partial charge in [0.2, 0.25) is 0 Å². The van der Waals surface area contributed by atoms with E-state index in [-0.39, 0.29) is 54.9 Å². The van der Waals surface area contributed by atoms with Gasteiger partial charge in [-0.1, -0.05) is 44.2 Å². The van der Waals surface area contributed by atoms with Crippen molar-refractivity contribution in [2.45, 2.75) is 58.3 Å². The molecule has 204 valence electrons. The molecule has 0 saturated carbocycles. The van der Waals surface area contributed by atoms with E-state index in [0.717, 1.165) is 11.1 Å². The van der Waals surface area contributed by atoms with E-state index in [0.29, 0.717) is 23.5 Å².